The summed E-state index contributed by atoms with van der Waals surface area (Å²) in [6.45, 7) is 5.43. The van der Waals surface area contributed by atoms with Crippen LogP contribution < -0.4 is 5.32 Å². The Hall–Kier alpha value is -1.35. The number of likely N-dealkylation sites (tertiary alicyclic amines) is 1. The maximum Gasteiger partial charge on any atom is 0.216 e. The summed E-state index contributed by atoms with van der Waals surface area (Å²) in [5.41, 5.74) is 0.990. The topological polar surface area (TPSA) is 52.6 Å². The zero-order valence-corrected chi connectivity index (χ0v) is 13.2. The van der Waals surface area contributed by atoms with Crippen LogP contribution in [0.25, 0.3) is 0 Å². The molecule has 0 aromatic carbocycles. The average Bonchev–Trinajstić information content (AvgIpc) is 2.92. The summed E-state index contributed by atoms with van der Waals surface area (Å²) in [5.74, 6) is 6.29. The fourth-order valence-electron chi connectivity index (χ4n) is 2.53. The largest absolute Gasteiger partial charge is 0.384 e. The highest BCUT2D eigenvalue weighted by Crippen LogP contribution is 2.21. The Morgan fingerprint density at radius 3 is 2.95 bits per heavy atom. The molecule has 4 nitrogen and oxygen atoms in total. The number of piperidine rings is 1. The van der Waals surface area contributed by atoms with Gasteiger partial charge in [-0.15, -0.1) is 11.3 Å². The molecule has 0 atom stereocenters. The van der Waals surface area contributed by atoms with Crippen molar-refractivity contribution in [2.45, 2.75) is 26.3 Å². The first-order chi connectivity index (χ1) is 10.2. The van der Waals surface area contributed by atoms with Crippen LogP contribution in [-0.4, -0.2) is 42.2 Å². The molecule has 0 spiro atoms. The molecule has 1 amide bonds. The molecule has 1 aliphatic rings. The first-order valence-electron chi connectivity index (χ1n) is 7.31. The molecule has 1 aromatic rings. The molecule has 0 aliphatic carbocycles. The lowest BCUT2D eigenvalue weighted by Crippen LogP contribution is -2.37. The number of carbonyl (C=O) groups excluding carboxylic acids is 1. The number of nitrogens with one attached hydrogen (secondary N) is 1. The third-order valence-electron chi connectivity index (χ3n) is 3.69. The van der Waals surface area contributed by atoms with E-state index in [0.717, 1.165) is 44.6 Å². The number of aliphatic hydroxyl groups excluding tert-OH is 1. The van der Waals surface area contributed by atoms with Crippen molar-refractivity contribution >= 4 is 17.2 Å². The van der Waals surface area contributed by atoms with Crippen LogP contribution in [0.15, 0.2) is 11.4 Å². The molecule has 1 aliphatic heterocycles. The number of thiophene rings is 1. The molecule has 1 fully saturated rings. The molecule has 2 N–H and O–H groups in total. The van der Waals surface area contributed by atoms with Gasteiger partial charge in [0.1, 0.15) is 6.61 Å². The van der Waals surface area contributed by atoms with Crippen LogP contribution in [0, 0.1) is 17.8 Å². The standard InChI is InChI=1S/C16H22N2O2S/c1-13(20)17-10-14-4-6-18(7-5-14)11-16-9-15(12-21-16)3-2-8-19/h9,12,14,19H,4-8,10-11H2,1H3,(H,17,20). The van der Waals surface area contributed by atoms with Crippen molar-refractivity contribution in [1.82, 2.24) is 10.2 Å². The normalized spacial score (nSPS) is 16.3. The minimum atomic E-state index is -0.0903. The predicted molar refractivity (Wildman–Crippen MR) is 85.0 cm³/mol. The summed E-state index contributed by atoms with van der Waals surface area (Å²) in [6, 6.07) is 2.11. The molecule has 5 heteroatoms. The summed E-state index contributed by atoms with van der Waals surface area (Å²) in [5, 5.41) is 13.6. The van der Waals surface area contributed by atoms with Crippen molar-refractivity contribution in [3.8, 4) is 11.8 Å². The van der Waals surface area contributed by atoms with Crippen LogP contribution in [0.2, 0.25) is 0 Å². The Kier molecular flexibility index (Phi) is 6.24. The minimum absolute atomic E-state index is 0.0625. The summed E-state index contributed by atoms with van der Waals surface area (Å²) in [7, 11) is 0. The first-order valence-corrected chi connectivity index (χ1v) is 8.19. The van der Waals surface area contributed by atoms with Gasteiger partial charge in [-0.3, -0.25) is 9.69 Å². The van der Waals surface area contributed by atoms with E-state index in [0.29, 0.717) is 5.92 Å². The lowest BCUT2D eigenvalue weighted by Gasteiger charge is -2.31. The SMILES string of the molecule is CC(=O)NCC1CCN(Cc2cc(C#CCO)cs2)CC1. The molecular formula is C16H22N2O2S. The van der Waals surface area contributed by atoms with Crippen molar-refractivity contribution in [2.24, 2.45) is 5.92 Å². The Balaban J connectivity index is 1.75. The molecule has 1 aromatic heterocycles. The molecule has 2 rings (SSSR count). The van der Waals surface area contributed by atoms with Crippen LogP contribution in [0.5, 0.6) is 0 Å². The molecule has 114 valence electrons. The van der Waals surface area contributed by atoms with E-state index in [1.54, 1.807) is 18.3 Å². The maximum atomic E-state index is 10.9. The van der Waals surface area contributed by atoms with Gasteiger partial charge >= 0.3 is 0 Å². The summed E-state index contributed by atoms with van der Waals surface area (Å²) in [6.07, 6.45) is 2.28. The highest BCUT2D eigenvalue weighted by Gasteiger charge is 2.19. The van der Waals surface area contributed by atoms with E-state index in [1.807, 2.05) is 5.38 Å². The van der Waals surface area contributed by atoms with Crippen molar-refractivity contribution < 1.29 is 9.90 Å². The highest BCUT2D eigenvalue weighted by molar-refractivity contribution is 7.10. The van der Waals surface area contributed by atoms with Gasteiger partial charge in [-0.1, -0.05) is 11.8 Å². The third kappa shape index (κ3) is 5.50. The molecule has 21 heavy (non-hydrogen) atoms. The zero-order chi connectivity index (χ0) is 15.1. The molecule has 0 radical (unpaired) electrons. The number of hydrogen-bond acceptors (Lipinski definition) is 4. The van der Waals surface area contributed by atoms with Gasteiger partial charge in [0, 0.05) is 35.8 Å². The van der Waals surface area contributed by atoms with Gasteiger partial charge in [0.2, 0.25) is 5.91 Å². The second kappa shape index (κ2) is 8.18. The van der Waals surface area contributed by atoms with Crippen LogP contribution in [-0.2, 0) is 11.3 Å². The van der Waals surface area contributed by atoms with Crippen LogP contribution in [0.3, 0.4) is 0 Å². The van der Waals surface area contributed by atoms with E-state index >= 15 is 0 Å². The smallest absolute Gasteiger partial charge is 0.216 e. The van der Waals surface area contributed by atoms with Crippen LogP contribution >= 0.6 is 11.3 Å². The van der Waals surface area contributed by atoms with Gasteiger partial charge in [-0.05, 0) is 37.9 Å². The number of hydrogen-bond donors (Lipinski definition) is 2. The fourth-order valence-corrected chi connectivity index (χ4v) is 3.39. The van der Waals surface area contributed by atoms with Gasteiger partial charge in [0.05, 0.1) is 0 Å². The molecule has 2 heterocycles. The monoisotopic (exact) mass is 306 g/mol. The van der Waals surface area contributed by atoms with E-state index in [4.69, 9.17) is 5.11 Å². The Morgan fingerprint density at radius 2 is 2.29 bits per heavy atom. The van der Waals surface area contributed by atoms with E-state index in [1.165, 1.54) is 4.88 Å². The lowest BCUT2D eigenvalue weighted by molar-refractivity contribution is -0.119. The summed E-state index contributed by atoms with van der Waals surface area (Å²) >= 11 is 1.73. The van der Waals surface area contributed by atoms with Crippen LogP contribution in [0.4, 0.5) is 0 Å². The highest BCUT2D eigenvalue weighted by atomic mass is 32.1. The maximum absolute atomic E-state index is 10.9. The van der Waals surface area contributed by atoms with E-state index < -0.39 is 0 Å². The second-order valence-electron chi connectivity index (χ2n) is 5.42. The molecule has 1 saturated heterocycles. The van der Waals surface area contributed by atoms with Crippen molar-refractivity contribution in [3.63, 3.8) is 0 Å². The van der Waals surface area contributed by atoms with Gasteiger partial charge in [0.25, 0.3) is 0 Å². The fraction of sp³-hybridized carbons (Fsp3) is 0.562. The minimum Gasteiger partial charge on any atom is -0.384 e. The first kappa shape index (κ1) is 16.0. The second-order valence-corrected chi connectivity index (χ2v) is 6.41. The van der Waals surface area contributed by atoms with Crippen molar-refractivity contribution in [1.29, 1.82) is 0 Å². The van der Waals surface area contributed by atoms with E-state index in [-0.39, 0.29) is 12.5 Å². The number of aliphatic hydroxyl groups is 1. The molecule has 0 saturated carbocycles. The quantitative estimate of drug-likeness (QED) is 0.828. The van der Waals surface area contributed by atoms with E-state index in [9.17, 15) is 4.79 Å². The van der Waals surface area contributed by atoms with Crippen molar-refractivity contribution in [3.05, 3.63) is 21.9 Å². The lowest BCUT2D eigenvalue weighted by atomic mass is 9.97. The number of carbonyl (C=O) groups is 1. The number of nitrogens with zero attached hydrogens (tertiary/aromatic N) is 1. The third-order valence-corrected chi connectivity index (χ3v) is 4.61. The zero-order valence-electron chi connectivity index (χ0n) is 12.4. The van der Waals surface area contributed by atoms with E-state index in [2.05, 4.69) is 28.1 Å². The summed E-state index contributed by atoms with van der Waals surface area (Å²) in [4.78, 5) is 14.7. The van der Waals surface area contributed by atoms with Crippen molar-refractivity contribution in [2.75, 3.05) is 26.2 Å². The molecular weight excluding hydrogens is 284 g/mol. The summed E-state index contributed by atoms with van der Waals surface area (Å²) < 4.78 is 0. The predicted octanol–water partition coefficient (Wildman–Crippen LogP) is 1.44. The average molecular weight is 306 g/mol. The Bertz CT molecular complexity index is 522. The number of amides is 1. The van der Waals surface area contributed by atoms with Gasteiger partial charge in [-0.2, -0.15) is 0 Å². The molecule has 0 unspecified atom stereocenters. The van der Waals surface area contributed by atoms with Gasteiger partial charge in [0.15, 0.2) is 0 Å². The molecule has 0 bridgehead atoms. The Labute approximate surface area is 130 Å². The van der Waals surface area contributed by atoms with Crippen LogP contribution in [0.1, 0.15) is 30.2 Å². The van der Waals surface area contributed by atoms with Gasteiger partial charge < -0.3 is 10.4 Å². The number of rotatable bonds is 4. The van der Waals surface area contributed by atoms with Gasteiger partial charge in [-0.25, -0.2) is 0 Å². The Morgan fingerprint density at radius 1 is 1.52 bits per heavy atom.